The molecule has 0 aromatic heterocycles. The van der Waals surface area contributed by atoms with Gasteiger partial charge in [-0.25, -0.2) is 9.59 Å². The summed E-state index contributed by atoms with van der Waals surface area (Å²) >= 11 is 0. The van der Waals surface area contributed by atoms with Crippen molar-refractivity contribution in [1.29, 1.82) is 0 Å². The Morgan fingerprint density at radius 1 is 1.24 bits per heavy atom. The molecule has 0 heterocycles. The smallest absolute Gasteiger partial charge is 0.412 e. The minimum atomic E-state index is -1.58. The van der Waals surface area contributed by atoms with E-state index in [9.17, 15) is 19.5 Å². The highest BCUT2D eigenvalue weighted by molar-refractivity contribution is 6.33. The van der Waals surface area contributed by atoms with Gasteiger partial charge in [0.25, 0.3) is 0 Å². The van der Waals surface area contributed by atoms with Crippen molar-refractivity contribution >= 4 is 23.5 Å². The molecular weight excluding hydrogens is 278 g/mol. The van der Waals surface area contributed by atoms with Crippen LogP contribution >= 0.6 is 0 Å². The molecule has 114 valence electrons. The molecule has 0 fully saturated rings. The molecule has 0 atom stereocenters. The van der Waals surface area contributed by atoms with Crippen molar-refractivity contribution in [3.05, 3.63) is 23.8 Å². The molecule has 1 aromatic rings. The van der Waals surface area contributed by atoms with E-state index in [0.717, 1.165) is 0 Å². The van der Waals surface area contributed by atoms with E-state index >= 15 is 0 Å². The molecular formula is C14H17NO6. The van der Waals surface area contributed by atoms with Crippen molar-refractivity contribution in [2.75, 3.05) is 5.32 Å². The van der Waals surface area contributed by atoms with Crippen molar-refractivity contribution in [3.63, 3.8) is 0 Å². The van der Waals surface area contributed by atoms with Crippen molar-refractivity contribution in [3.8, 4) is 5.75 Å². The van der Waals surface area contributed by atoms with Crippen molar-refractivity contribution in [1.82, 2.24) is 0 Å². The van der Waals surface area contributed by atoms with Gasteiger partial charge in [-0.2, -0.15) is 0 Å². The molecule has 0 unspecified atom stereocenters. The van der Waals surface area contributed by atoms with Gasteiger partial charge in [0, 0.05) is 17.7 Å². The van der Waals surface area contributed by atoms with Crippen LogP contribution in [0.4, 0.5) is 10.5 Å². The molecule has 0 bridgehead atoms. The van der Waals surface area contributed by atoms with E-state index < -0.39 is 29.9 Å². The fourth-order valence-corrected chi connectivity index (χ4v) is 1.47. The predicted molar refractivity (Wildman–Crippen MR) is 74.3 cm³/mol. The summed E-state index contributed by atoms with van der Waals surface area (Å²) < 4.78 is 5.06. The second-order valence-corrected chi connectivity index (χ2v) is 5.38. The van der Waals surface area contributed by atoms with E-state index in [-0.39, 0.29) is 17.0 Å². The number of amides is 1. The molecule has 0 saturated carbocycles. The maximum absolute atomic E-state index is 11.6. The Morgan fingerprint density at radius 3 is 2.38 bits per heavy atom. The Bertz CT molecular complexity index is 573. The molecule has 3 N–H and O–H groups in total. The number of ether oxygens (including phenoxy) is 1. The molecule has 0 radical (unpaired) electrons. The lowest BCUT2D eigenvalue weighted by molar-refractivity contribution is -0.148. The van der Waals surface area contributed by atoms with Gasteiger partial charge in [-0.15, -0.1) is 0 Å². The number of benzene rings is 1. The predicted octanol–water partition coefficient (Wildman–Crippen LogP) is 1.94. The highest BCUT2D eigenvalue weighted by Crippen LogP contribution is 2.22. The summed E-state index contributed by atoms with van der Waals surface area (Å²) in [6.45, 7) is 5.13. The summed E-state index contributed by atoms with van der Waals surface area (Å²) in [5, 5.41) is 20.6. The third-order valence-corrected chi connectivity index (χ3v) is 2.31. The lowest BCUT2D eigenvalue weighted by Crippen LogP contribution is -2.27. The molecule has 0 aliphatic heterocycles. The highest BCUT2D eigenvalue weighted by atomic mass is 16.6. The number of carbonyl (C=O) groups is 3. The van der Waals surface area contributed by atoms with Crippen LogP contribution in [0.3, 0.4) is 0 Å². The molecule has 21 heavy (non-hydrogen) atoms. The van der Waals surface area contributed by atoms with Gasteiger partial charge in [-0.3, -0.25) is 10.1 Å². The average Bonchev–Trinajstić information content (AvgIpc) is 2.30. The summed E-state index contributed by atoms with van der Waals surface area (Å²) in [5.41, 5.74) is -0.269. The summed E-state index contributed by atoms with van der Waals surface area (Å²) in [6.07, 6.45) is -1.16. The van der Waals surface area contributed by atoms with Gasteiger partial charge in [0.15, 0.2) is 0 Å². The maximum atomic E-state index is 11.6. The zero-order chi connectivity index (χ0) is 16.2. The third kappa shape index (κ3) is 5.52. The first-order valence-corrected chi connectivity index (χ1v) is 6.16. The van der Waals surface area contributed by atoms with Crippen LogP contribution in [0.1, 0.15) is 26.3 Å². The fraction of sp³-hybridized carbons (Fsp3) is 0.357. The molecule has 0 saturated heterocycles. The lowest BCUT2D eigenvalue weighted by Gasteiger charge is -2.19. The Morgan fingerprint density at radius 2 is 1.86 bits per heavy atom. The maximum Gasteiger partial charge on any atom is 0.412 e. The molecule has 7 heteroatoms. The molecule has 1 amide bonds. The minimum absolute atomic E-state index is 0.107. The van der Waals surface area contributed by atoms with E-state index in [4.69, 9.17) is 9.84 Å². The van der Waals surface area contributed by atoms with Crippen LogP contribution in [0.15, 0.2) is 18.2 Å². The monoisotopic (exact) mass is 295 g/mol. The van der Waals surface area contributed by atoms with Gasteiger partial charge in [-0.05, 0) is 39.0 Å². The second-order valence-electron chi connectivity index (χ2n) is 5.38. The molecule has 1 aromatic carbocycles. The van der Waals surface area contributed by atoms with Gasteiger partial charge in [0.05, 0.1) is 0 Å². The number of hydrogen-bond acceptors (Lipinski definition) is 5. The third-order valence-electron chi connectivity index (χ3n) is 2.31. The van der Waals surface area contributed by atoms with Gasteiger partial charge in [-0.1, -0.05) is 0 Å². The molecule has 7 nitrogen and oxygen atoms in total. The van der Waals surface area contributed by atoms with Crippen LogP contribution in [0.5, 0.6) is 5.75 Å². The summed E-state index contributed by atoms with van der Waals surface area (Å²) in [6, 6.07) is 3.99. The number of Topliss-reactive ketones (excluding diaryl/α,β-unsaturated/α-hetero) is 1. The number of rotatable bonds is 4. The Balaban J connectivity index is 2.84. The highest BCUT2D eigenvalue weighted by Gasteiger charge is 2.18. The quantitative estimate of drug-likeness (QED) is 0.578. The minimum Gasteiger partial charge on any atom is -0.508 e. The number of ketones is 1. The Kier molecular flexibility index (Phi) is 4.91. The first-order chi connectivity index (χ1) is 9.58. The number of carbonyl (C=O) groups excluding carboxylic acids is 2. The number of aromatic hydroxyl groups is 1. The molecule has 0 spiro atoms. The molecule has 0 aliphatic carbocycles. The van der Waals surface area contributed by atoms with Gasteiger partial charge in [0.1, 0.15) is 11.4 Å². The largest absolute Gasteiger partial charge is 0.508 e. The van der Waals surface area contributed by atoms with Gasteiger partial charge < -0.3 is 14.9 Å². The van der Waals surface area contributed by atoms with Gasteiger partial charge in [0.2, 0.25) is 5.78 Å². The molecule has 0 aliphatic rings. The Labute approximate surface area is 121 Å². The zero-order valence-corrected chi connectivity index (χ0v) is 12.0. The van der Waals surface area contributed by atoms with Crippen LogP contribution in [0.2, 0.25) is 0 Å². The van der Waals surface area contributed by atoms with E-state index in [1.807, 2.05) is 0 Å². The lowest BCUT2D eigenvalue weighted by atomic mass is 10.1. The number of carboxylic acids is 1. The summed E-state index contributed by atoms with van der Waals surface area (Å²) in [7, 11) is 0. The summed E-state index contributed by atoms with van der Waals surface area (Å²) in [4.78, 5) is 33.3. The van der Waals surface area contributed by atoms with Crippen LogP contribution in [-0.4, -0.2) is 33.7 Å². The average molecular weight is 295 g/mol. The van der Waals surface area contributed by atoms with Crippen LogP contribution in [0, 0.1) is 0 Å². The fourth-order valence-electron chi connectivity index (χ4n) is 1.47. The first-order valence-electron chi connectivity index (χ1n) is 6.16. The van der Waals surface area contributed by atoms with E-state index in [0.29, 0.717) is 0 Å². The van der Waals surface area contributed by atoms with Crippen molar-refractivity contribution in [2.45, 2.75) is 32.8 Å². The number of aliphatic carboxylic acids is 1. The van der Waals surface area contributed by atoms with E-state index in [1.54, 1.807) is 20.8 Å². The first kappa shape index (κ1) is 16.5. The number of anilines is 1. The topological polar surface area (TPSA) is 113 Å². The van der Waals surface area contributed by atoms with E-state index in [2.05, 4.69) is 5.32 Å². The van der Waals surface area contributed by atoms with Gasteiger partial charge >= 0.3 is 12.1 Å². The number of phenolic OH excluding ortho intramolecular Hbond substituents is 1. The number of hydrogen-bond donors (Lipinski definition) is 3. The zero-order valence-electron chi connectivity index (χ0n) is 12.0. The van der Waals surface area contributed by atoms with Crippen molar-refractivity contribution < 1.29 is 29.3 Å². The molecule has 1 rings (SSSR count). The van der Waals surface area contributed by atoms with E-state index in [1.165, 1.54) is 18.2 Å². The van der Waals surface area contributed by atoms with Crippen LogP contribution < -0.4 is 5.32 Å². The van der Waals surface area contributed by atoms with Crippen molar-refractivity contribution in [2.24, 2.45) is 0 Å². The number of phenols is 1. The SMILES string of the molecule is CC(C)(C)OC(=O)Nc1ccc(O)c(CC(=O)C(=O)O)c1. The van der Waals surface area contributed by atoms with Crippen LogP contribution in [0.25, 0.3) is 0 Å². The number of nitrogens with one attached hydrogen (secondary N) is 1. The standard InChI is InChI=1S/C14H17NO6/c1-14(2,3)21-13(20)15-9-4-5-10(16)8(6-9)7-11(17)12(18)19/h4-6,16H,7H2,1-3H3,(H,15,20)(H,18,19). The second kappa shape index (κ2) is 6.25. The summed E-state index contributed by atoms with van der Waals surface area (Å²) in [5.74, 6) is -2.86. The Hall–Kier alpha value is -2.57. The van der Waals surface area contributed by atoms with Crippen LogP contribution in [-0.2, 0) is 20.7 Å². The normalized spacial score (nSPS) is 10.8. The number of carboxylic acid groups (broad SMARTS) is 1.